The van der Waals surface area contributed by atoms with E-state index >= 15 is 0 Å². The number of rotatable bonds is 3. The van der Waals surface area contributed by atoms with Crippen LogP contribution in [0.4, 0.5) is 0 Å². The Hall–Kier alpha value is -1.55. The first-order chi connectivity index (χ1) is 11.9. The van der Waals surface area contributed by atoms with Crippen LogP contribution in [-0.4, -0.2) is 36.2 Å². The Morgan fingerprint density at radius 1 is 1.24 bits per heavy atom. The summed E-state index contributed by atoms with van der Waals surface area (Å²) < 4.78 is 6.12. The van der Waals surface area contributed by atoms with Gasteiger partial charge < -0.3 is 4.74 Å². The molecule has 1 unspecified atom stereocenters. The fraction of sp³-hybridized carbons (Fsp3) is 0.700. The highest BCUT2D eigenvalue weighted by molar-refractivity contribution is 5.27. The zero-order valence-corrected chi connectivity index (χ0v) is 15.7. The van der Waals surface area contributed by atoms with Crippen molar-refractivity contribution in [3.63, 3.8) is 0 Å². The summed E-state index contributed by atoms with van der Waals surface area (Å²) >= 11 is 0. The van der Waals surface area contributed by atoms with Crippen molar-refractivity contribution >= 4 is 0 Å². The van der Waals surface area contributed by atoms with Gasteiger partial charge in [-0.15, -0.1) is 0 Å². The zero-order valence-electron chi connectivity index (χ0n) is 15.7. The molecule has 0 aliphatic carbocycles. The molecule has 3 rings (SSSR count). The van der Waals surface area contributed by atoms with Crippen LogP contribution in [0.3, 0.4) is 0 Å². The summed E-state index contributed by atoms with van der Waals surface area (Å²) in [5, 5.41) is 3.93. The van der Waals surface area contributed by atoms with E-state index in [2.05, 4.69) is 60.0 Å². The van der Waals surface area contributed by atoms with E-state index in [0.717, 1.165) is 51.9 Å². The van der Waals surface area contributed by atoms with Gasteiger partial charge in [-0.05, 0) is 47.8 Å². The number of benzene rings is 1. The molecule has 1 aromatic carbocycles. The summed E-state index contributed by atoms with van der Waals surface area (Å²) in [6.45, 7) is 10.6. The van der Waals surface area contributed by atoms with Crippen LogP contribution in [0.5, 0.6) is 0 Å². The molecule has 1 aromatic rings. The molecule has 0 amide bonds. The molecule has 0 radical (unpaired) electrons. The molecule has 2 saturated heterocycles. The molecule has 0 N–H and O–H groups in total. The lowest BCUT2D eigenvalue weighted by molar-refractivity contribution is -0.116. The van der Waals surface area contributed by atoms with Gasteiger partial charge >= 0.3 is 0 Å². The number of likely N-dealkylation sites (tertiary alicyclic amines) is 1. The van der Waals surface area contributed by atoms with Gasteiger partial charge in [-0.1, -0.05) is 50.2 Å². The Balaban J connectivity index is 1.55. The maximum Gasteiger partial charge on any atom is 0.0710 e. The monoisotopic (exact) mass is 342 g/mol. The maximum atomic E-state index is 8.69. The highest BCUT2D eigenvalue weighted by Crippen LogP contribution is 2.36. The van der Waals surface area contributed by atoms with Crippen molar-refractivity contribution in [2.24, 2.45) is 5.11 Å². The summed E-state index contributed by atoms with van der Waals surface area (Å²) in [7, 11) is 0. The lowest BCUT2D eigenvalue weighted by Crippen LogP contribution is -2.49. The van der Waals surface area contributed by atoms with E-state index in [4.69, 9.17) is 10.3 Å². The number of hydrogen-bond acceptors (Lipinski definition) is 3. The summed E-state index contributed by atoms with van der Waals surface area (Å²) in [5.41, 5.74) is 11.6. The van der Waals surface area contributed by atoms with Crippen molar-refractivity contribution < 1.29 is 4.74 Å². The van der Waals surface area contributed by atoms with Crippen LogP contribution in [0.1, 0.15) is 57.6 Å². The molecular weight excluding hydrogens is 312 g/mol. The van der Waals surface area contributed by atoms with Gasteiger partial charge in [0.05, 0.1) is 5.60 Å². The molecule has 2 heterocycles. The van der Waals surface area contributed by atoms with Gasteiger partial charge in [0, 0.05) is 37.2 Å². The highest BCUT2D eigenvalue weighted by Gasteiger charge is 2.39. The quantitative estimate of drug-likeness (QED) is 0.449. The largest absolute Gasteiger partial charge is 0.375 e. The van der Waals surface area contributed by atoms with Crippen molar-refractivity contribution in [1.29, 1.82) is 0 Å². The second-order valence-corrected chi connectivity index (χ2v) is 8.61. The number of hydrogen-bond donors (Lipinski definition) is 0. The third-order valence-corrected chi connectivity index (χ3v) is 5.68. The van der Waals surface area contributed by atoms with E-state index in [1.165, 1.54) is 11.1 Å². The summed E-state index contributed by atoms with van der Waals surface area (Å²) in [6, 6.07) is 9.15. The van der Waals surface area contributed by atoms with Crippen LogP contribution >= 0.6 is 0 Å². The van der Waals surface area contributed by atoms with Gasteiger partial charge in [0.1, 0.15) is 0 Å². The Labute approximate surface area is 151 Å². The van der Waals surface area contributed by atoms with Crippen LogP contribution in [0.2, 0.25) is 0 Å². The molecule has 0 saturated carbocycles. The van der Waals surface area contributed by atoms with Crippen molar-refractivity contribution in [3.05, 3.63) is 45.8 Å². The van der Waals surface area contributed by atoms with Crippen molar-refractivity contribution in [2.45, 2.75) is 70.1 Å². The molecule has 0 aromatic heterocycles. The van der Waals surface area contributed by atoms with E-state index < -0.39 is 0 Å². The highest BCUT2D eigenvalue weighted by atomic mass is 16.5. The van der Waals surface area contributed by atoms with Crippen LogP contribution in [0.25, 0.3) is 10.4 Å². The predicted octanol–water partition coefficient (Wildman–Crippen LogP) is 4.81. The summed E-state index contributed by atoms with van der Waals surface area (Å²) in [6.07, 6.45) is 3.80. The molecular formula is C20H30N4O. The van der Waals surface area contributed by atoms with Crippen LogP contribution < -0.4 is 0 Å². The molecule has 2 fully saturated rings. The predicted molar refractivity (Wildman–Crippen MR) is 101 cm³/mol. The van der Waals surface area contributed by atoms with Gasteiger partial charge in [0.25, 0.3) is 0 Å². The topological polar surface area (TPSA) is 61.2 Å². The zero-order chi connectivity index (χ0) is 17.9. The average molecular weight is 342 g/mol. The molecule has 1 atom stereocenters. The Morgan fingerprint density at radius 3 is 2.52 bits per heavy atom. The fourth-order valence-electron chi connectivity index (χ4n) is 4.01. The molecule has 0 bridgehead atoms. The molecule has 136 valence electrons. The number of ether oxygens (including phenoxy) is 1. The lowest BCUT2D eigenvalue weighted by atomic mass is 9.82. The molecule has 5 heteroatoms. The van der Waals surface area contributed by atoms with Crippen LogP contribution in [-0.2, 0) is 16.7 Å². The number of piperidine rings is 1. The van der Waals surface area contributed by atoms with Crippen LogP contribution in [0, 0.1) is 0 Å². The van der Waals surface area contributed by atoms with Crippen molar-refractivity contribution in [3.8, 4) is 0 Å². The molecule has 2 aliphatic heterocycles. The molecule has 1 spiro atoms. The number of azide groups is 1. The van der Waals surface area contributed by atoms with E-state index in [1.807, 2.05) is 0 Å². The Kier molecular flexibility index (Phi) is 5.38. The van der Waals surface area contributed by atoms with Gasteiger partial charge in [0.15, 0.2) is 0 Å². The van der Waals surface area contributed by atoms with Gasteiger partial charge in [0.2, 0.25) is 0 Å². The minimum Gasteiger partial charge on any atom is -0.375 e. The third-order valence-electron chi connectivity index (χ3n) is 5.68. The minimum atomic E-state index is -0.0658. The Morgan fingerprint density at radius 2 is 1.92 bits per heavy atom. The molecule has 2 aliphatic rings. The van der Waals surface area contributed by atoms with Crippen LogP contribution in [0.15, 0.2) is 29.4 Å². The average Bonchev–Trinajstić information content (AvgIpc) is 2.58. The third kappa shape index (κ3) is 4.55. The maximum absolute atomic E-state index is 8.69. The van der Waals surface area contributed by atoms with E-state index in [0.29, 0.717) is 0 Å². The second-order valence-electron chi connectivity index (χ2n) is 8.61. The van der Waals surface area contributed by atoms with E-state index in [9.17, 15) is 0 Å². The summed E-state index contributed by atoms with van der Waals surface area (Å²) in [5.74, 6) is 0. The standard InChI is InChI=1S/C20H30N4O/c1-19(2,3)17-6-4-16(5-7-17)15-24-11-9-20(10-12-24)14-18(22-23-21)8-13-25-20/h4-7,18H,8-15H2,1-3H3. The van der Waals surface area contributed by atoms with E-state index in [-0.39, 0.29) is 17.1 Å². The summed E-state index contributed by atoms with van der Waals surface area (Å²) in [4.78, 5) is 5.50. The van der Waals surface area contributed by atoms with Crippen molar-refractivity contribution in [1.82, 2.24) is 4.90 Å². The molecule has 25 heavy (non-hydrogen) atoms. The minimum absolute atomic E-state index is 0.0658. The second kappa shape index (κ2) is 7.36. The fourth-order valence-corrected chi connectivity index (χ4v) is 4.01. The van der Waals surface area contributed by atoms with Gasteiger partial charge in [-0.3, -0.25) is 4.90 Å². The molecule has 5 nitrogen and oxygen atoms in total. The van der Waals surface area contributed by atoms with Crippen molar-refractivity contribution in [2.75, 3.05) is 19.7 Å². The SMILES string of the molecule is CC(C)(C)c1ccc(CN2CCC3(CC2)CC(N=[N+]=[N-])CCO3)cc1. The van der Waals surface area contributed by atoms with Gasteiger partial charge in [-0.2, -0.15) is 0 Å². The van der Waals surface area contributed by atoms with E-state index in [1.54, 1.807) is 0 Å². The van der Waals surface area contributed by atoms with Gasteiger partial charge in [-0.25, -0.2) is 0 Å². The Bertz CT molecular complexity index is 620. The smallest absolute Gasteiger partial charge is 0.0710 e. The first-order valence-electron chi connectivity index (χ1n) is 9.40. The first kappa shape index (κ1) is 18.2. The first-order valence-corrected chi connectivity index (χ1v) is 9.40. The normalized spacial score (nSPS) is 24.0. The lowest BCUT2D eigenvalue weighted by Gasteiger charge is -2.45. The number of nitrogens with zero attached hydrogens (tertiary/aromatic N) is 4.